The summed E-state index contributed by atoms with van der Waals surface area (Å²) < 4.78 is 18.6. The average Bonchev–Trinajstić information content (AvgIpc) is 2.60. The fraction of sp³-hybridized carbons (Fsp3) is 0.300. The number of rotatable bonds is 7. The fourth-order valence-corrected chi connectivity index (χ4v) is 2.36. The van der Waals surface area contributed by atoms with E-state index < -0.39 is 17.8 Å². The van der Waals surface area contributed by atoms with Crippen molar-refractivity contribution >= 4 is 11.9 Å². The first-order chi connectivity index (χ1) is 12.0. The zero-order valence-electron chi connectivity index (χ0n) is 14.4. The van der Waals surface area contributed by atoms with Crippen LogP contribution >= 0.6 is 0 Å². The van der Waals surface area contributed by atoms with Gasteiger partial charge in [0.2, 0.25) is 0 Å². The van der Waals surface area contributed by atoms with Gasteiger partial charge in [0, 0.05) is 5.56 Å². The molecule has 1 atom stereocenters. The van der Waals surface area contributed by atoms with Crippen LogP contribution in [0.1, 0.15) is 47.3 Å². The molecule has 0 bridgehead atoms. The van der Waals surface area contributed by atoms with E-state index in [2.05, 4.69) is 5.32 Å². The molecule has 132 valence electrons. The van der Waals surface area contributed by atoms with Crippen LogP contribution in [0, 0.1) is 12.7 Å². The monoisotopic (exact) mass is 343 g/mol. The Hall–Kier alpha value is -2.69. The molecule has 5 heteroatoms. The summed E-state index contributed by atoms with van der Waals surface area (Å²) in [6, 6.07) is 12.3. The van der Waals surface area contributed by atoms with E-state index in [9.17, 15) is 14.0 Å². The molecule has 0 saturated heterocycles. The second-order valence-electron chi connectivity index (χ2n) is 5.87. The zero-order valence-corrected chi connectivity index (χ0v) is 14.4. The second kappa shape index (κ2) is 8.97. The number of ether oxygens (including phenoxy) is 1. The average molecular weight is 343 g/mol. The van der Waals surface area contributed by atoms with Crippen LogP contribution in [0.2, 0.25) is 0 Å². The molecule has 0 radical (unpaired) electrons. The lowest BCUT2D eigenvalue weighted by Gasteiger charge is -2.19. The maximum absolute atomic E-state index is 13.5. The van der Waals surface area contributed by atoms with E-state index in [-0.39, 0.29) is 12.3 Å². The normalized spacial score (nSPS) is 11.6. The third-order valence-corrected chi connectivity index (χ3v) is 3.71. The summed E-state index contributed by atoms with van der Waals surface area (Å²) in [5.74, 6) is -1.17. The largest absolute Gasteiger partial charge is 0.466 e. The molecule has 0 saturated carbocycles. The lowest BCUT2D eigenvalue weighted by Crippen LogP contribution is -2.30. The molecule has 1 N–H and O–H groups in total. The first kappa shape index (κ1) is 18.6. The number of hydrogen-bond donors (Lipinski definition) is 1. The van der Waals surface area contributed by atoms with E-state index in [1.807, 2.05) is 26.0 Å². The van der Waals surface area contributed by atoms with Crippen LogP contribution < -0.4 is 5.32 Å². The topological polar surface area (TPSA) is 55.4 Å². The van der Waals surface area contributed by atoms with Crippen LogP contribution in [0.5, 0.6) is 0 Å². The van der Waals surface area contributed by atoms with Gasteiger partial charge in [0.25, 0.3) is 5.91 Å². The molecule has 0 aliphatic heterocycles. The highest BCUT2D eigenvalue weighted by molar-refractivity contribution is 5.94. The van der Waals surface area contributed by atoms with E-state index in [0.717, 1.165) is 5.56 Å². The Bertz CT molecular complexity index is 728. The molecule has 25 heavy (non-hydrogen) atoms. The van der Waals surface area contributed by atoms with E-state index in [0.29, 0.717) is 24.2 Å². The summed E-state index contributed by atoms with van der Waals surface area (Å²) in [7, 11) is 0. The molecular weight excluding hydrogens is 321 g/mol. The van der Waals surface area contributed by atoms with Gasteiger partial charge in [0.1, 0.15) is 5.82 Å². The first-order valence-electron chi connectivity index (χ1n) is 8.28. The molecule has 0 aliphatic rings. The number of amides is 1. The summed E-state index contributed by atoms with van der Waals surface area (Å²) in [5.41, 5.74) is 2.05. The summed E-state index contributed by atoms with van der Waals surface area (Å²) in [4.78, 5) is 24.4. The van der Waals surface area contributed by atoms with Gasteiger partial charge in [-0.25, -0.2) is 4.39 Å². The van der Waals surface area contributed by atoms with Gasteiger partial charge in [-0.3, -0.25) is 9.59 Å². The minimum atomic E-state index is -0.658. The number of hydrogen-bond acceptors (Lipinski definition) is 3. The van der Waals surface area contributed by atoms with E-state index in [4.69, 9.17) is 4.74 Å². The second-order valence-corrected chi connectivity index (χ2v) is 5.87. The number of nitrogens with one attached hydrogen (secondary N) is 1. The van der Waals surface area contributed by atoms with Crippen molar-refractivity contribution in [3.63, 3.8) is 0 Å². The SMILES string of the molecule is CCCOC(=O)CC(NC(=O)c1ccc(C)cc1)c1cccc(F)c1. The van der Waals surface area contributed by atoms with Gasteiger partial charge in [-0.1, -0.05) is 36.8 Å². The van der Waals surface area contributed by atoms with Crippen LogP contribution in [-0.2, 0) is 9.53 Å². The molecule has 0 fully saturated rings. The number of carbonyl (C=O) groups is 2. The minimum absolute atomic E-state index is 0.0545. The van der Waals surface area contributed by atoms with Gasteiger partial charge < -0.3 is 10.1 Å². The first-order valence-corrected chi connectivity index (χ1v) is 8.28. The van der Waals surface area contributed by atoms with Crippen molar-refractivity contribution in [2.45, 2.75) is 32.7 Å². The van der Waals surface area contributed by atoms with Crippen molar-refractivity contribution in [3.05, 3.63) is 71.0 Å². The minimum Gasteiger partial charge on any atom is -0.466 e. The molecule has 2 aromatic rings. The van der Waals surface area contributed by atoms with Gasteiger partial charge in [0.15, 0.2) is 0 Å². The molecule has 0 aromatic heterocycles. The Morgan fingerprint density at radius 2 is 1.88 bits per heavy atom. The molecule has 1 unspecified atom stereocenters. The molecule has 1 amide bonds. The third kappa shape index (κ3) is 5.71. The highest BCUT2D eigenvalue weighted by Crippen LogP contribution is 2.19. The smallest absolute Gasteiger partial charge is 0.308 e. The van der Waals surface area contributed by atoms with Crippen LogP contribution in [0.4, 0.5) is 4.39 Å². The predicted octanol–water partition coefficient (Wildman–Crippen LogP) is 3.95. The highest BCUT2D eigenvalue weighted by atomic mass is 19.1. The van der Waals surface area contributed by atoms with Crippen molar-refractivity contribution in [2.75, 3.05) is 6.61 Å². The Kier molecular flexibility index (Phi) is 6.69. The Morgan fingerprint density at radius 3 is 2.52 bits per heavy atom. The van der Waals surface area contributed by atoms with Gasteiger partial charge in [-0.05, 0) is 43.2 Å². The summed E-state index contributed by atoms with van der Waals surface area (Å²) >= 11 is 0. The molecule has 2 aromatic carbocycles. The van der Waals surface area contributed by atoms with Crippen molar-refractivity contribution in [2.24, 2.45) is 0 Å². The van der Waals surface area contributed by atoms with Crippen LogP contribution in [-0.4, -0.2) is 18.5 Å². The van der Waals surface area contributed by atoms with Crippen LogP contribution in [0.15, 0.2) is 48.5 Å². The van der Waals surface area contributed by atoms with Gasteiger partial charge in [-0.15, -0.1) is 0 Å². The number of esters is 1. The van der Waals surface area contributed by atoms with Crippen molar-refractivity contribution in [3.8, 4) is 0 Å². The lowest BCUT2D eigenvalue weighted by atomic mass is 10.0. The number of aryl methyl sites for hydroxylation is 1. The molecule has 0 aliphatic carbocycles. The number of halogens is 1. The Labute approximate surface area is 147 Å². The van der Waals surface area contributed by atoms with E-state index in [1.54, 1.807) is 24.3 Å². The molecule has 2 rings (SSSR count). The quantitative estimate of drug-likeness (QED) is 0.775. The zero-order chi connectivity index (χ0) is 18.2. The standard InChI is InChI=1S/C20H22FNO3/c1-3-11-25-19(23)13-18(16-5-4-6-17(21)12-16)22-20(24)15-9-7-14(2)8-10-15/h4-10,12,18H,3,11,13H2,1-2H3,(H,22,24). The lowest BCUT2D eigenvalue weighted by molar-refractivity contribution is -0.144. The Balaban J connectivity index is 2.17. The van der Waals surface area contributed by atoms with Gasteiger partial charge >= 0.3 is 5.97 Å². The van der Waals surface area contributed by atoms with Crippen molar-refractivity contribution < 1.29 is 18.7 Å². The number of carbonyl (C=O) groups excluding carboxylic acids is 2. The van der Waals surface area contributed by atoms with Crippen molar-refractivity contribution in [1.29, 1.82) is 0 Å². The third-order valence-electron chi connectivity index (χ3n) is 3.71. The maximum Gasteiger partial charge on any atom is 0.308 e. The van der Waals surface area contributed by atoms with E-state index in [1.165, 1.54) is 12.1 Å². The molecular formula is C20H22FNO3. The van der Waals surface area contributed by atoms with Crippen LogP contribution in [0.3, 0.4) is 0 Å². The summed E-state index contributed by atoms with van der Waals surface area (Å²) in [6.07, 6.45) is 0.660. The number of benzene rings is 2. The molecule has 4 nitrogen and oxygen atoms in total. The van der Waals surface area contributed by atoms with Crippen molar-refractivity contribution in [1.82, 2.24) is 5.32 Å². The van der Waals surface area contributed by atoms with Gasteiger partial charge in [0.05, 0.1) is 19.1 Å². The highest BCUT2D eigenvalue weighted by Gasteiger charge is 2.20. The Morgan fingerprint density at radius 1 is 1.16 bits per heavy atom. The summed E-state index contributed by atoms with van der Waals surface area (Å²) in [5, 5.41) is 2.80. The fourth-order valence-electron chi connectivity index (χ4n) is 2.36. The molecule has 0 heterocycles. The summed E-state index contributed by atoms with van der Waals surface area (Å²) in [6.45, 7) is 4.15. The van der Waals surface area contributed by atoms with E-state index >= 15 is 0 Å². The maximum atomic E-state index is 13.5. The predicted molar refractivity (Wildman–Crippen MR) is 93.7 cm³/mol. The molecule has 0 spiro atoms. The van der Waals surface area contributed by atoms with Gasteiger partial charge in [-0.2, -0.15) is 0 Å². The van der Waals surface area contributed by atoms with Crippen LogP contribution in [0.25, 0.3) is 0 Å².